The molecule has 66 valence electrons. The summed E-state index contributed by atoms with van der Waals surface area (Å²) in [6.07, 6.45) is 7.19. The predicted octanol–water partition coefficient (Wildman–Crippen LogP) is 2.98. The number of hydrogen-bond acceptors (Lipinski definition) is 1. The Kier molecular flexibility index (Phi) is 4.46. The van der Waals surface area contributed by atoms with Crippen LogP contribution in [0.25, 0.3) is 0 Å². The van der Waals surface area contributed by atoms with E-state index in [1.54, 1.807) is 0 Å². The third-order valence-corrected chi connectivity index (χ3v) is 3.04. The van der Waals surface area contributed by atoms with E-state index in [-0.39, 0.29) is 0 Å². The van der Waals surface area contributed by atoms with E-state index in [1.165, 1.54) is 32.1 Å². The molecule has 11 heavy (non-hydrogen) atoms. The zero-order valence-corrected chi connectivity index (χ0v) is 8.77. The average molecular weight is 221 g/mol. The summed E-state index contributed by atoms with van der Waals surface area (Å²) in [5.74, 6) is 0.910. The molecule has 0 saturated heterocycles. The van der Waals surface area contributed by atoms with Crippen LogP contribution in [0.15, 0.2) is 0 Å². The molecule has 0 bridgehead atoms. The summed E-state index contributed by atoms with van der Waals surface area (Å²) in [4.78, 5) is 0. The second-order valence-corrected chi connectivity index (χ2v) is 4.16. The van der Waals surface area contributed by atoms with Gasteiger partial charge in [0.05, 0.1) is 6.10 Å². The van der Waals surface area contributed by atoms with E-state index >= 15 is 0 Å². The van der Waals surface area contributed by atoms with Crippen molar-refractivity contribution in [3.8, 4) is 0 Å². The fraction of sp³-hybridized carbons (Fsp3) is 1.00. The van der Waals surface area contributed by atoms with Crippen LogP contribution in [-0.2, 0) is 4.74 Å². The molecule has 0 amide bonds. The molecule has 1 aliphatic rings. The first-order valence-corrected chi connectivity index (χ1v) is 5.57. The first-order chi connectivity index (χ1) is 5.36. The van der Waals surface area contributed by atoms with E-state index in [4.69, 9.17) is 4.74 Å². The molecule has 0 N–H and O–H groups in total. The summed E-state index contributed by atoms with van der Waals surface area (Å²) in [6, 6.07) is 0. The zero-order valence-electron chi connectivity index (χ0n) is 7.18. The van der Waals surface area contributed by atoms with Gasteiger partial charge in [0.2, 0.25) is 0 Å². The molecule has 0 heterocycles. The number of ether oxygens (including phenoxy) is 1. The summed E-state index contributed by atoms with van der Waals surface area (Å²) in [6.45, 7) is 0. The van der Waals surface area contributed by atoms with E-state index < -0.39 is 0 Å². The van der Waals surface area contributed by atoms with E-state index in [0.717, 1.165) is 11.2 Å². The first kappa shape index (κ1) is 9.53. The van der Waals surface area contributed by atoms with Crippen molar-refractivity contribution in [1.29, 1.82) is 0 Å². The van der Waals surface area contributed by atoms with E-state index in [0.29, 0.717) is 6.10 Å². The lowest BCUT2D eigenvalue weighted by molar-refractivity contribution is 0.0503. The Morgan fingerprint density at radius 1 is 1.45 bits per heavy atom. The summed E-state index contributed by atoms with van der Waals surface area (Å²) in [7, 11) is 1.83. The minimum absolute atomic E-state index is 0.549. The predicted molar refractivity (Wildman–Crippen MR) is 51.2 cm³/mol. The lowest BCUT2D eigenvalue weighted by Crippen LogP contribution is -2.21. The molecule has 2 atom stereocenters. The molecule has 1 aliphatic carbocycles. The maximum Gasteiger partial charge on any atom is 0.0574 e. The molecule has 0 aliphatic heterocycles. The van der Waals surface area contributed by atoms with E-state index in [1.807, 2.05) is 7.11 Å². The summed E-state index contributed by atoms with van der Waals surface area (Å²) in [5, 5.41) is 1.15. The highest BCUT2D eigenvalue weighted by Crippen LogP contribution is 2.28. The standard InChI is InChI=1S/C9H17BrO/c1-11-9-4-2-3-8(7-9)5-6-10/h8-9H,2-7H2,1H3. The van der Waals surface area contributed by atoms with Gasteiger partial charge in [-0.2, -0.15) is 0 Å². The fourth-order valence-corrected chi connectivity index (χ4v) is 2.52. The largest absolute Gasteiger partial charge is 0.381 e. The Hall–Kier alpha value is 0.440. The summed E-state index contributed by atoms with van der Waals surface area (Å²) in [5.41, 5.74) is 0. The van der Waals surface area contributed by atoms with Gasteiger partial charge < -0.3 is 4.74 Å². The van der Waals surface area contributed by atoms with Gasteiger partial charge >= 0.3 is 0 Å². The smallest absolute Gasteiger partial charge is 0.0574 e. The van der Waals surface area contributed by atoms with Gasteiger partial charge in [-0.3, -0.25) is 0 Å². The third kappa shape index (κ3) is 3.12. The molecule has 0 spiro atoms. The van der Waals surface area contributed by atoms with Gasteiger partial charge in [0.1, 0.15) is 0 Å². The molecule has 1 rings (SSSR count). The third-order valence-electron chi connectivity index (χ3n) is 2.59. The van der Waals surface area contributed by atoms with Crippen LogP contribution in [0.1, 0.15) is 32.1 Å². The van der Waals surface area contributed by atoms with Gasteiger partial charge in [0.25, 0.3) is 0 Å². The van der Waals surface area contributed by atoms with Crippen LogP contribution >= 0.6 is 15.9 Å². The normalized spacial score (nSPS) is 32.2. The first-order valence-electron chi connectivity index (χ1n) is 4.45. The quantitative estimate of drug-likeness (QED) is 0.665. The molecule has 0 aromatic heterocycles. The highest BCUT2D eigenvalue weighted by atomic mass is 79.9. The topological polar surface area (TPSA) is 9.23 Å². The van der Waals surface area contributed by atoms with Crippen LogP contribution in [0, 0.1) is 5.92 Å². The highest BCUT2D eigenvalue weighted by Gasteiger charge is 2.20. The van der Waals surface area contributed by atoms with Crippen LogP contribution < -0.4 is 0 Å². The zero-order chi connectivity index (χ0) is 8.10. The molecule has 1 nitrogen and oxygen atoms in total. The van der Waals surface area contributed by atoms with Crippen molar-refractivity contribution in [2.45, 2.75) is 38.2 Å². The molecule has 2 heteroatoms. The minimum atomic E-state index is 0.549. The van der Waals surface area contributed by atoms with Crippen molar-refractivity contribution in [2.24, 2.45) is 5.92 Å². The van der Waals surface area contributed by atoms with Crippen LogP contribution in [0.5, 0.6) is 0 Å². The summed E-state index contributed by atoms with van der Waals surface area (Å²) >= 11 is 3.49. The van der Waals surface area contributed by atoms with Crippen molar-refractivity contribution < 1.29 is 4.74 Å². The Morgan fingerprint density at radius 3 is 2.91 bits per heavy atom. The van der Waals surface area contributed by atoms with Crippen LogP contribution in [0.2, 0.25) is 0 Å². The van der Waals surface area contributed by atoms with Gasteiger partial charge in [-0.15, -0.1) is 0 Å². The van der Waals surface area contributed by atoms with E-state index in [9.17, 15) is 0 Å². The monoisotopic (exact) mass is 220 g/mol. The SMILES string of the molecule is COC1CCCC(CCBr)C1. The highest BCUT2D eigenvalue weighted by molar-refractivity contribution is 9.09. The molecular weight excluding hydrogens is 204 g/mol. The molecular formula is C9H17BrO. The molecule has 1 saturated carbocycles. The maximum atomic E-state index is 5.35. The van der Waals surface area contributed by atoms with Gasteiger partial charge in [-0.25, -0.2) is 0 Å². The van der Waals surface area contributed by atoms with Crippen LogP contribution in [-0.4, -0.2) is 18.5 Å². The average Bonchev–Trinajstić information content (AvgIpc) is 2.06. The van der Waals surface area contributed by atoms with Crippen molar-refractivity contribution >= 4 is 15.9 Å². The van der Waals surface area contributed by atoms with Crippen molar-refractivity contribution in [1.82, 2.24) is 0 Å². The Balaban J connectivity index is 2.21. The molecule has 0 radical (unpaired) electrons. The summed E-state index contributed by atoms with van der Waals surface area (Å²) < 4.78 is 5.35. The van der Waals surface area contributed by atoms with Gasteiger partial charge in [0.15, 0.2) is 0 Å². The molecule has 1 fully saturated rings. The van der Waals surface area contributed by atoms with Crippen LogP contribution in [0.3, 0.4) is 0 Å². The Labute approximate surface area is 77.6 Å². The Bertz CT molecular complexity index is 104. The molecule has 0 aromatic carbocycles. The Morgan fingerprint density at radius 2 is 2.27 bits per heavy atom. The number of halogens is 1. The number of alkyl halides is 1. The molecule has 0 aromatic rings. The second-order valence-electron chi connectivity index (χ2n) is 3.37. The lowest BCUT2D eigenvalue weighted by atomic mass is 9.86. The minimum Gasteiger partial charge on any atom is -0.381 e. The maximum absolute atomic E-state index is 5.35. The van der Waals surface area contributed by atoms with Gasteiger partial charge in [-0.05, 0) is 25.2 Å². The molecule has 2 unspecified atom stereocenters. The van der Waals surface area contributed by atoms with Gasteiger partial charge in [0, 0.05) is 12.4 Å². The number of methoxy groups -OCH3 is 1. The van der Waals surface area contributed by atoms with Gasteiger partial charge in [-0.1, -0.05) is 28.8 Å². The second kappa shape index (κ2) is 5.15. The fourth-order valence-electron chi connectivity index (χ4n) is 1.87. The van der Waals surface area contributed by atoms with E-state index in [2.05, 4.69) is 15.9 Å². The lowest BCUT2D eigenvalue weighted by Gasteiger charge is -2.27. The van der Waals surface area contributed by atoms with Crippen molar-refractivity contribution in [3.63, 3.8) is 0 Å². The number of hydrogen-bond donors (Lipinski definition) is 0. The van der Waals surface area contributed by atoms with Crippen molar-refractivity contribution in [3.05, 3.63) is 0 Å². The van der Waals surface area contributed by atoms with Crippen molar-refractivity contribution in [2.75, 3.05) is 12.4 Å². The number of rotatable bonds is 3. The van der Waals surface area contributed by atoms with Crippen LogP contribution in [0.4, 0.5) is 0 Å².